The first-order valence-corrected chi connectivity index (χ1v) is 5.40. The maximum Gasteiger partial charge on any atom is 0.0939 e. The van der Waals surface area contributed by atoms with E-state index in [0.29, 0.717) is 0 Å². The molecule has 2 nitrogen and oxygen atoms in total. The maximum absolute atomic E-state index is 5.11. The Bertz CT molecular complexity index is 239. The molecule has 0 saturated heterocycles. The minimum absolute atomic E-state index is 0.216. The zero-order valence-corrected chi connectivity index (χ0v) is 9.47. The second-order valence-corrected chi connectivity index (χ2v) is 4.40. The van der Waals surface area contributed by atoms with Crippen molar-refractivity contribution in [2.75, 3.05) is 13.1 Å². The standard InChI is InChI=1S/C12H21NO/c1-4-7-13-8-6-12(2,3)11-5-9-14-10-11/h5,9-10,13H,4,6-8H2,1-3H3. The molecule has 1 aromatic rings. The third-order valence-electron chi connectivity index (χ3n) is 2.66. The molecule has 0 aliphatic carbocycles. The van der Waals surface area contributed by atoms with Crippen molar-refractivity contribution < 1.29 is 4.42 Å². The van der Waals surface area contributed by atoms with E-state index in [1.54, 1.807) is 6.26 Å². The highest BCUT2D eigenvalue weighted by Gasteiger charge is 2.20. The van der Waals surface area contributed by atoms with Crippen molar-refractivity contribution in [1.82, 2.24) is 5.32 Å². The van der Waals surface area contributed by atoms with Gasteiger partial charge in [-0.05, 0) is 43.0 Å². The Hall–Kier alpha value is -0.760. The van der Waals surface area contributed by atoms with Gasteiger partial charge < -0.3 is 9.73 Å². The first-order chi connectivity index (χ1) is 6.67. The number of hydrogen-bond acceptors (Lipinski definition) is 2. The molecule has 0 amide bonds. The Morgan fingerprint density at radius 2 is 2.14 bits per heavy atom. The van der Waals surface area contributed by atoms with Gasteiger partial charge in [0, 0.05) is 0 Å². The minimum Gasteiger partial charge on any atom is -0.472 e. The van der Waals surface area contributed by atoms with Crippen molar-refractivity contribution in [3.05, 3.63) is 24.2 Å². The van der Waals surface area contributed by atoms with E-state index in [9.17, 15) is 0 Å². The van der Waals surface area contributed by atoms with Crippen molar-refractivity contribution in [3.8, 4) is 0 Å². The van der Waals surface area contributed by atoms with Crippen molar-refractivity contribution in [3.63, 3.8) is 0 Å². The van der Waals surface area contributed by atoms with Gasteiger partial charge in [0.05, 0.1) is 12.5 Å². The fraction of sp³-hybridized carbons (Fsp3) is 0.667. The molecule has 0 bridgehead atoms. The highest BCUT2D eigenvalue weighted by Crippen LogP contribution is 2.26. The van der Waals surface area contributed by atoms with Gasteiger partial charge in [-0.1, -0.05) is 20.8 Å². The van der Waals surface area contributed by atoms with Crippen LogP contribution < -0.4 is 5.32 Å². The smallest absolute Gasteiger partial charge is 0.0939 e. The fourth-order valence-corrected chi connectivity index (χ4v) is 1.50. The molecule has 0 saturated carbocycles. The van der Waals surface area contributed by atoms with Crippen LogP contribution >= 0.6 is 0 Å². The van der Waals surface area contributed by atoms with Gasteiger partial charge in [0.1, 0.15) is 0 Å². The molecule has 0 aliphatic rings. The van der Waals surface area contributed by atoms with Gasteiger partial charge in [0.2, 0.25) is 0 Å². The van der Waals surface area contributed by atoms with E-state index in [0.717, 1.165) is 19.5 Å². The van der Waals surface area contributed by atoms with E-state index >= 15 is 0 Å². The predicted molar refractivity (Wildman–Crippen MR) is 59.5 cm³/mol. The van der Waals surface area contributed by atoms with Crippen LogP contribution in [0.25, 0.3) is 0 Å². The summed E-state index contributed by atoms with van der Waals surface area (Å²) >= 11 is 0. The summed E-state index contributed by atoms with van der Waals surface area (Å²) in [4.78, 5) is 0. The van der Waals surface area contributed by atoms with Crippen LogP contribution in [0.5, 0.6) is 0 Å². The second-order valence-electron chi connectivity index (χ2n) is 4.40. The van der Waals surface area contributed by atoms with E-state index in [4.69, 9.17) is 4.42 Å². The fourth-order valence-electron chi connectivity index (χ4n) is 1.50. The molecule has 1 rings (SSSR count). The lowest BCUT2D eigenvalue weighted by molar-refractivity contribution is 0.449. The first kappa shape index (κ1) is 11.3. The van der Waals surface area contributed by atoms with Gasteiger partial charge in [-0.25, -0.2) is 0 Å². The lowest BCUT2D eigenvalue weighted by Gasteiger charge is -2.23. The molecule has 0 atom stereocenters. The largest absolute Gasteiger partial charge is 0.472 e. The van der Waals surface area contributed by atoms with Crippen LogP contribution in [0.2, 0.25) is 0 Å². The quantitative estimate of drug-likeness (QED) is 0.706. The Labute approximate surface area is 86.7 Å². The zero-order chi connectivity index (χ0) is 10.4. The summed E-state index contributed by atoms with van der Waals surface area (Å²) < 4.78 is 5.11. The average Bonchev–Trinajstić information content (AvgIpc) is 2.65. The minimum atomic E-state index is 0.216. The second kappa shape index (κ2) is 5.20. The summed E-state index contributed by atoms with van der Waals surface area (Å²) in [5, 5.41) is 3.42. The highest BCUT2D eigenvalue weighted by atomic mass is 16.3. The van der Waals surface area contributed by atoms with E-state index in [1.807, 2.05) is 6.26 Å². The van der Waals surface area contributed by atoms with Gasteiger partial charge in [-0.15, -0.1) is 0 Å². The summed E-state index contributed by atoms with van der Waals surface area (Å²) in [5.74, 6) is 0. The molecule has 1 aromatic heterocycles. The van der Waals surface area contributed by atoms with Gasteiger partial charge in [-0.2, -0.15) is 0 Å². The van der Waals surface area contributed by atoms with E-state index < -0.39 is 0 Å². The molecule has 14 heavy (non-hydrogen) atoms. The van der Waals surface area contributed by atoms with E-state index in [1.165, 1.54) is 12.0 Å². The zero-order valence-electron chi connectivity index (χ0n) is 9.47. The summed E-state index contributed by atoms with van der Waals surface area (Å²) in [6.45, 7) is 8.89. The van der Waals surface area contributed by atoms with Crippen LogP contribution in [0.3, 0.4) is 0 Å². The molecule has 0 fully saturated rings. The van der Waals surface area contributed by atoms with Crippen LogP contribution in [-0.2, 0) is 5.41 Å². The SMILES string of the molecule is CCCNCCC(C)(C)c1ccoc1. The summed E-state index contributed by atoms with van der Waals surface area (Å²) in [5.41, 5.74) is 1.50. The molecule has 1 heterocycles. The van der Waals surface area contributed by atoms with E-state index in [2.05, 4.69) is 32.2 Å². The summed E-state index contributed by atoms with van der Waals surface area (Å²) in [6, 6.07) is 2.06. The first-order valence-electron chi connectivity index (χ1n) is 5.40. The molecular formula is C12H21NO. The summed E-state index contributed by atoms with van der Waals surface area (Å²) in [6.07, 6.45) is 5.94. The number of nitrogens with one attached hydrogen (secondary N) is 1. The average molecular weight is 195 g/mol. The molecule has 2 heteroatoms. The van der Waals surface area contributed by atoms with Crippen molar-refractivity contribution >= 4 is 0 Å². The molecule has 0 aromatic carbocycles. The Morgan fingerprint density at radius 3 is 2.71 bits per heavy atom. The Morgan fingerprint density at radius 1 is 1.36 bits per heavy atom. The highest BCUT2D eigenvalue weighted by molar-refractivity contribution is 5.17. The molecule has 1 N–H and O–H groups in total. The summed E-state index contributed by atoms with van der Waals surface area (Å²) in [7, 11) is 0. The van der Waals surface area contributed by atoms with Gasteiger partial charge in [0.25, 0.3) is 0 Å². The lowest BCUT2D eigenvalue weighted by Crippen LogP contribution is -2.25. The molecule has 0 aliphatic heterocycles. The maximum atomic E-state index is 5.11. The molecule has 0 radical (unpaired) electrons. The van der Waals surface area contributed by atoms with Crippen LogP contribution in [-0.4, -0.2) is 13.1 Å². The topological polar surface area (TPSA) is 25.2 Å². The van der Waals surface area contributed by atoms with Gasteiger partial charge >= 0.3 is 0 Å². The van der Waals surface area contributed by atoms with Crippen LogP contribution in [0.1, 0.15) is 39.2 Å². The third-order valence-corrected chi connectivity index (χ3v) is 2.66. The number of furan rings is 1. The lowest BCUT2D eigenvalue weighted by atomic mass is 9.83. The monoisotopic (exact) mass is 195 g/mol. The molecule has 0 unspecified atom stereocenters. The Kier molecular flexibility index (Phi) is 4.21. The van der Waals surface area contributed by atoms with Crippen molar-refractivity contribution in [2.45, 2.75) is 39.0 Å². The Balaban J connectivity index is 2.35. The predicted octanol–water partition coefficient (Wildman–Crippen LogP) is 2.95. The van der Waals surface area contributed by atoms with Crippen molar-refractivity contribution in [1.29, 1.82) is 0 Å². The van der Waals surface area contributed by atoms with Crippen LogP contribution in [0.15, 0.2) is 23.0 Å². The van der Waals surface area contributed by atoms with Gasteiger partial charge in [0.15, 0.2) is 0 Å². The molecule has 80 valence electrons. The molecular weight excluding hydrogens is 174 g/mol. The third kappa shape index (κ3) is 3.18. The number of hydrogen-bond donors (Lipinski definition) is 1. The number of rotatable bonds is 6. The van der Waals surface area contributed by atoms with Crippen molar-refractivity contribution in [2.24, 2.45) is 0 Å². The normalized spacial score (nSPS) is 11.9. The van der Waals surface area contributed by atoms with Crippen LogP contribution in [0.4, 0.5) is 0 Å². The van der Waals surface area contributed by atoms with E-state index in [-0.39, 0.29) is 5.41 Å². The van der Waals surface area contributed by atoms with Gasteiger partial charge in [-0.3, -0.25) is 0 Å². The molecule has 0 spiro atoms. The van der Waals surface area contributed by atoms with Crippen LogP contribution in [0, 0.1) is 0 Å².